The lowest BCUT2D eigenvalue weighted by molar-refractivity contribution is -0.118. The first-order valence-electron chi connectivity index (χ1n) is 5.81. The molecular weight excluding hydrogens is 214 g/mol. The lowest BCUT2D eigenvalue weighted by Gasteiger charge is -2.05. The molecule has 0 atom stereocenters. The summed E-state index contributed by atoms with van der Waals surface area (Å²) in [6.45, 7) is 2.13. The van der Waals surface area contributed by atoms with Crippen LogP contribution in [0.5, 0.6) is 5.75 Å². The number of hydrogen-bond acceptors (Lipinski definition) is 2. The van der Waals surface area contributed by atoms with E-state index >= 15 is 0 Å². The summed E-state index contributed by atoms with van der Waals surface area (Å²) in [6.07, 6.45) is 4.21. The Morgan fingerprint density at radius 3 is 3.00 bits per heavy atom. The van der Waals surface area contributed by atoms with E-state index in [1.54, 1.807) is 7.11 Å². The fraction of sp³-hybridized carbons (Fsp3) is 0.357. The smallest absolute Gasteiger partial charge is 0.217 e. The van der Waals surface area contributed by atoms with Gasteiger partial charge in [0.05, 0.1) is 7.11 Å². The molecule has 0 aromatic heterocycles. The van der Waals surface area contributed by atoms with Crippen LogP contribution in [0.15, 0.2) is 24.3 Å². The van der Waals surface area contributed by atoms with Gasteiger partial charge in [-0.3, -0.25) is 4.79 Å². The van der Waals surface area contributed by atoms with Gasteiger partial charge in [0.25, 0.3) is 0 Å². The van der Waals surface area contributed by atoms with Gasteiger partial charge in [0.2, 0.25) is 5.91 Å². The average molecular weight is 231 g/mol. The summed E-state index contributed by atoms with van der Waals surface area (Å²) >= 11 is 0. The number of rotatable bonds is 3. The molecule has 1 aliphatic carbocycles. The van der Waals surface area contributed by atoms with Crippen molar-refractivity contribution in [3.63, 3.8) is 0 Å². The molecule has 0 spiro atoms. The zero-order valence-electron chi connectivity index (χ0n) is 10.2. The van der Waals surface area contributed by atoms with Crippen molar-refractivity contribution in [2.75, 3.05) is 13.7 Å². The van der Waals surface area contributed by atoms with Gasteiger partial charge in [-0.05, 0) is 41.7 Å². The Bertz CT molecular complexity index is 463. The van der Waals surface area contributed by atoms with Gasteiger partial charge in [0.15, 0.2) is 0 Å². The van der Waals surface area contributed by atoms with E-state index in [0.29, 0.717) is 6.54 Å². The quantitative estimate of drug-likeness (QED) is 0.865. The minimum absolute atomic E-state index is 0.00529. The number of methoxy groups -OCH3 is 1. The van der Waals surface area contributed by atoms with E-state index in [1.807, 2.05) is 6.07 Å². The van der Waals surface area contributed by atoms with Crippen LogP contribution in [0.3, 0.4) is 0 Å². The highest BCUT2D eigenvalue weighted by Crippen LogP contribution is 2.34. The van der Waals surface area contributed by atoms with Gasteiger partial charge in [0, 0.05) is 13.5 Å². The predicted octanol–water partition coefficient (Wildman–Crippen LogP) is 2.16. The summed E-state index contributed by atoms with van der Waals surface area (Å²) in [5.41, 5.74) is 3.92. The molecule has 0 saturated carbocycles. The standard InChI is InChI=1S/C14H17NO2/c1-10(16)15-8-7-12-4-3-11-5-6-13(17-2)9-14(11)12/h5-7,9H,3-4,8H2,1-2H3,(H,15,16). The number of allylic oxidation sites excluding steroid dienone is 1. The lowest BCUT2D eigenvalue weighted by atomic mass is 10.1. The van der Waals surface area contributed by atoms with Crippen molar-refractivity contribution >= 4 is 11.5 Å². The molecule has 1 amide bonds. The first-order chi connectivity index (χ1) is 8.20. The zero-order valence-corrected chi connectivity index (χ0v) is 10.2. The third kappa shape index (κ3) is 2.67. The molecule has 1 aromatic carbocycles. The topological polar surface area (TPSA) is 38.3 Å². The second-order valence-electron chi connectivity index (χ2n) is 4.19. The van der Waals surface area contributed by atoms with Crippen LogP contribution in [0.2, 0.25) is 0 Å². The van der Waals surface area contributed by atoms with Crippen molar-refractivity contribution in [3.8, 4) is 5.75 Å². The van der Waals surface area contributed by atoms with Crippen LogP contribution in [0, 0.1) is 0 Å². The van der Waals surface area contributed by atoms with Crippen LogP contribution >= 0.6 is 0 Å². The maximum Gasteiger partial charge on any atom is 0.217 e. The summed E-state index contributed by atoms with van der Waals surface area (Å²) in [4.78, 5) is 10.8. The number of benzene rings is 1. The number of carbonyl (C=O) groups excluding carboxylic acids is 1. The summed E-state index contributed by atoms with van der Waals surface area (Å²) in [5.74, 6) is 0.891. The Morgan fingerprint density at radius 1 is 1.47 bits per heavy atom. The van der Waals surface area contributed by atoms with E-state index < -0.39 is 0 Å². The molecule has 0 unspecified atom stereocenters. The first-order valence-corrected chi connectivity index (χ1v) is 5.81. The second-order valence-corrected chi connectivity index (χ2v) is 4.19. The maximum atomic E-state index is 10.8. The second kappa shape index (κ2) is 5.04. The van der Waals surface area contributed by atoms with E-state index in [4.69, 9.17) is 4.74 Å². The van der Waals surface area contributed by atoms with Gasteiger partial charge in [-0.15, -0.1) is 0 Å². The molecule has 90 valence electrons. The van der Waals surface area contributed by atoms with Gasteiger partial charge in [-0.25, -0.2) is 0 Å². The fourth-order valence-electron chi connectivity index (χ4n) is 2.13. The van der Waals surface area contributed by atoms with E-state index in [-0.39, 0.29) is 5.91 Å². The molecule has 0 heterocycles. The molecule has 0 fully saturated rings. The van der Waals surface area contributed by atoms with E-state index in [0.717, 1.165) is 18.6 Å². The van der Waals surface area contributed by atoms with Crippen molar-refractivity contribution < 1.29 is 9.53 Å². The normalized spacial score (nSPS) is 15.8. The van der Waals surface area contributed by atoms with Gasteiger partial charge < -0.3 is 10.1 Å². The minimum atomic E-state index is 0.00529. The Kier molecular flexibility index (Phi) is 3.47. The molecule has 2 rings (SSSR count). The number of amides is 1. The molecule has 17 heavy (non-hydrogen) atoms. The third-order valence-corrected chi connectivity index (χ3v) is 3.03. The molecule has 0 radical (unpaired) electrons. The Balaban J connectivity index is 2.17. The van der Waals surface area contributed by atoms with Crippen molar-refractivity contribution in [3.05, 3.63) is 35.4 Å². The van der Waals surface area contributed by atoms with Gasteiger partial charge in [0.1, 0.15) is 5.75 Å². The minimum Gasteiger partial charge on any atom is -0.497 e. The highest BCUT2D eigenvalue weighted by Gasteiger charge is 2.16. The van der Waals surface area contributed by atoms with Crippen LogP contribution in [-0.2, 0) is 11.2 Å². The summed E-state index contributed by atoms with van der Waals surface area (Å²) in [7, 11) is 1.68. The van der Waals surface area contributed by atoms with Gasteiger partial charge in [-0.2, -0.15) is 0 Å². The van der Waals surface area contributed by atoms with E-state index in [9.17, 15) is 4.79 Å². The lowest BCUT2D eigenvalue weighted by Crippen LogP contribution is -2.19. The third-order valence-electron chi connectivity index (χ3n) is 3.03. The van der Waals surface area contributed by atoms with Crippen LogP contribution in [0.25, 0.3) is 5.57 Å². The molecule has 0 saturated heterocycles. The monoisotopic (exact) mass is 231 g/mol. The molecule has 3 heteroatoms. The van der Waals surface area contributed by atoms with Crippen LogP contribution in [-0.4, -0.2) is 19.6 Å². The number of fused-ring (bicyclic) bond motifs is 1. The van der Waals surface area contributed by atoms with E-state index in [2.05, 4.69) is 23.5 Å². The summed E-state index contributed by atoms with van der Waals surface area (Å²) < 4.78 is 5.23. The van der Waals surface area contributed by atoms with E-state index in [1.165, 1.54) is 23.6 Å². The predicted molar refractivity (Wildman–Crippen MR) is 68.0 cm³/mol. The molecule has 0 bridgehead atoms. The van der Waals surface area contributed by atoms with Crippen LogP contribution in [0.4, 0.5) is 0 Å². The molecule has 1 aliphatic rings. The Labute approximate surface area is 101 Å². The number of hydrogen-bond donors (Lipinski definition) is 1. The average Bonchev–Trinajstić information content (AvgIpc) is 2.71. The number of ether oxygens (including phenoxy) is 1. The highest BCUT2D eigenvalue weighted by atomic mass is 16.5. The highest BCUT2D eigenvalue weighted by molar-refractivity contribution is 5.76. The molecule has 0 aliphatic heterocycles. The summed E-state index contributed by atoms with van der Waals surface area (Å²) in [6, 6.07) is 6.19. The van der Waals surface area contributed by atoms with Gasteiger partial charge in [-0.1, -0.05) is 12.1 Å². The van der Waals surface area contributed by atoms with Crippen LogP contribution in [0.1, 0.15) is 24.5 Å². The maximum absolute atomic E-state index is 10.8. The molecule has 1 aromatic rings. The SMILES string of the molecule is COc1ccc2c(c1)C(=CCNC(C)=O)CC2. The number of aryl methyl sites for hydroxylation is 1. The fourth-order valence-corrected chi connectivity index (χ4v) is 2.13. The van der Waals surface area contributed by atoms with Crippen molar-refractivity contribution in [2.24, 2.45) is 0 Å². The van der Waals surface area contributed by atoms with Crippen molar-refractivity contribution in [2.45, 2.75) is 19.8 Å². The summed E-state index contributed by atoms with van der Waals surface area (Å²) in [5, 5.41) is 2.79. The molecule has 1 N–H and O–H groups in total. The molecule has 3 nitrogen and oxygen atoms in total. The van der Waals surface area contributed by atoms with Crippen molar-refractivity contribution in [1.29, 1.82) is 0 Å². The number of carbonyl (C=O) groups is 1. The van der Waals surface area contributed by atoms with Crippen molar-refractivity contribution in [1.82, 2.24) is 5.32 Å². The Morgan fingerprint density at radius 2 is 2.29 bits per heavy atom. The number of nitrogens with one attached hydrogen (secondary N) is 1. The Hall–Kier alpha value is -1.77. The first kappa shape index (κ1) is 11.7. The largest absolute Gasteiger partial charge is 0.497 e. The van der Waals surface area contributed by atoms with Crippen LogP contribution < -0.4 is 10.1 Å². The zero-order chi connectivity index (χ0) is 12.3. The van der Waals surface area contributed by atoms with Gasteiger partial charge >= 0.3 is 0 Å². The molecular formula is C14H17NO2.